The van der Waals surface area contributed by atoms with Crippen LogP contribution in [0.25, 0.3) is 11.1 Å². The molecule has 2 N–H and O–H groups in total. The van der Waals surface area contributed by atoms with Crippen molar-refractivity contribution >= 4 is 40.6 Å². The molecule has 17 heavy (non-hydrogen) atoms. The van der Waals surface area contributed by atoms with Crippen LogP contribution in [0.5, 0.6) is 0 Å². The van der Waals surface area contributed by atoms with Crippen LogP contribution in [0.2, 0.25) is 15.1 Å². The van der Waals surface area contributed by atoms with Crippen molar-refractivity contribution < 1.29 is 0 Å². The number of nitrogens with two attached hydrogens (primary N) is 1. The van der Waals surface area contributed by atoms with Gasteiger partial charge in [-0.15, -0.1) is 0 Å². The molecule has 88 valence electrons. The topological polar surface area (TPSA) is 38.9 Å². The third-order valence-corrected chi connectivity index (χ3v) is 3.33. The van der Waals surface area contributed by atoms with E-state index in [4.69, 9.17) is 40.5 Å². The number of aryl methyl sites for hydroxylation is 1. The fraction of sp³-hybridized carbons (Fsp3) is 0.0833. The second-order valence-corrected chi connectivity index (χ2v) is 4.89. The molecule has 0 amide bonds. The lowest BCUT2D eigenvalue weighted by Crippen LogP contribution is -1.93. The van der Waals surface area contributed by atoms with E-state index in [1.165, 1.54) is 0 Å². The Balaban J connectivity index is 2.64. The third-order valence-electron chi connectivity index (χ3n) is 2.29. The molecule has 0 atom stereocenters. The highest BCUT2D eigenvalue weighted by Crippen LogP contribution is 2.35. The molecular weight excluding hydrogens is 279 g/mol. The second-order valence-electron chi connectivity index (χ2n) is 3.67. The number of hydrogen-bond acceptors (Lipinski definition) is 2. The second kappa shape index (κ2) is 4.73. The van der Waals surface area contributed by atoms with Crippen molar-refractivity contribution in [1.82, 2.24) is 4.98 Å². The van der Waals surface area contributed by atoms with Crippen LogP contribution in [-0.2, 0) is 0 Å². The van der Waals surface area contributed by atoms with E-state index in [0.717, 1.165) is 16.8 Å². The smallest absolute Gasteiger partial charge is 0.124 e. The maximum absolute atomic E-state index is 6.14. The van der Waals surface area contributed by atoms with Crippen LogP contribution >= 0.6 is 34.8 Å². The minimum atomic E-state index is 0.430. The van der Waals surface area contributed by atoms with E-state index in [-0.39, 0.29) is 0 Å². The molecule has 0 aliphatic heterocycles. The van der Waals surface area contributed by atoms with Crippen LogP contribution in [0.1, 0.15) is 5.69 Å². The van der Waals surface area contributed by atoms with Gasteiger partial charge in [0.2, 0.25) is 0 Å². The minimum Gasteiger partial charge on any atom is -0.384 e. The van der Waals surface area contributed by atoms with Gasteiger partial charge in [-0.1, -0.05) is 34.8 Å². The van der Waals surface area contributed by atoms with Crippen molar-refractivity contribution in [2.75, 3.05) is 5.73 Å². The summed E-state index contributed by atoms with van der Waals surface area (Å²) in [4.78, 5) is 4.11. The van der Waals surface area contributed by atoms with Crippen molar-refractivity contribution in [3.05, 3.63) is 45.0 Å². The van der Waals surface area contributed by atoms with Crippen molar-refractivity contribution in [3.8, 4) is 11.1 Å². The molecule has 5 heteroatoms. The zero-order valence-corrected chi connectivity index (χ0v) is 11.2. The standard InChI is InChI=1S/C12H9Cl3N2/c1-6-2-7(3-12(16)17-6)8-4-10(14)11(15)5-9(8)13/h2-5H,1H3,(H2,16,17). The van der Waals surface area contributed by atoms with Crippen LogP contribution in [0.3, 0.4) is 0 Å². The average molecular weight is 288 g/mol. The molecule has 1 aromatic carbocycles. The lowest BCUT2D eigenvalue weighted by atomic mass is 10.1. The average Bonchev–Trinajstić information content (AvgIpc) is 2.22. The molecule has 0 aliphatic carbocycles. The van der Waals surface area contributed by atoms with Gasteiger partial charge in [-0.2, -0.15) is 0 Å². The molecule has 0 radical (unpaired) electrons. The predicted octanol–water partition coefficient (Wildman–Crippen LogP) is 4.60. The largest absolute Gasteiger partial charge is 0.384 e. The zero-order valence-electron chi connectivity index (χ0n) is 8.97. The lowest BCUT2D eigenvalue weighted by Gasteiger charge is -2.08. The summed E-state index contributed by atoms with van der Waals surface area (Å²) in [6.45, 7) is 1.87. The Labute approximate surface area is 114 Å². The molecule has 0 fully saturated rings. The molecule has 0 saturated carbocycles. The first-order chi connectivity index (χ1) is 7.97. The Bertz CT molecular complexity index is 562. The highest BCUT2D eigenvalue weighted by Gasteiger charge is 2.09. The number of benzene rings is 1. The summed E-state index contributed by atoms with van der Waals surface area (Å²) >= 11 is 18.0. The fourth-order valence-electron chi connectivity index (χ4n) is 1.59. The molecule has 0 bridgehead atoms. The van der Waals surface area contributed by atoms with E-state index in [1.54, 1.807) is 18.2 Å². The monoisotopic (exact) mass is 286 g/mol. The predicted molar refractivity (Wildman–Crippen MR) is 73.9 cm³/mol. The van der Waals surface area contributed by atoms with Crippen molar-refractivity contribution in [1.29, 1.82) is 0 Å². The van der Waals surface area contributed by atoms with Crippen molar-refractivity contribution in [3.63, 3.8) is 0 Å². The van der Waals surface area contributed by atoms with Gasteiger partial charge >= 0.3 is 0 Å². The third kappa shape index (κ3) is 2.65. The number of halogens is 3. The van der Waals surface area contributed by atoms with E-state index in [1.807, 2.05) is 13.0 Å². The maximum Gasteiger partial charge on any atom is 0.124 e. The van der Waals surface area contributed by atoms with E-state index >= 15 is 0 Å². The molecule has 1 heterocycles. The van der Waals surface area contributed by atoms with Crippen LogP contribution in [0.4, 0.5) is 5.82 Å². The maximum atomic E-state index is 6.14. The lowest BCUT2D eigenvalue weighted by molar-refractivity contribution is 1.21. The number of rotatable bonds is 1. The van der Waals surface area contributed by atoms with Gasteiger partial charge in [-0.25, -0.2) is 4.98 Å². The van der Waals surface area contributed by atoms with Crippen LogP contribution in [-0.4, -0.2) is 4.98 Å². The molecular formula is C12H9Cl3N2. The molecule has 0 saturated heterocycles. The van der Waals surface area contributed by atoms with Gasteiger partial charge in [0.15, 0.2) is 0 Å². The summed E-state index contributed by atoms with van der Waals surface area (Å²) in [7, 11) is 0. The molecule has 0 unspecified atom stereocenters. The number of nitrogens with zero attached hydrogens (tertiary/aromatic N) is 1. The number of hydrogen-bond donors (Lipinski definition) is 1. The molecule has 2 nitrogen and oxygen atoms in total. The van der Waals surface area contributed by atoms with E-state index in [0.29, 0.717) is 20.9 Å². The van der Waals surface area contributed by atoms with E-state index in [2.05, 4.69) is 4.98 Å². The van der Waals surface area contributed by atoms with Gasteiger partial charge in [0, 0.05) is 16.3 Å². The number of pyridine rings is 1. The van der Waals surface area contributed by atoms with E-state index < -0.39 is 0 Å². The van der Waals surface area contributed by atoms with Gasteiger partial charge in [0.05, 0.1) is 10.0 Å². The Kier molecular flexibility index (Phi) is 3.48. The number of aromatic nitrogens is 1. The van der Waals surface area contributed by atoms with Crippen LogP contribution in [0.15, 0.2) is 24.3 Å². The molecule has 2 rings (SSSR count). The Morgan fingerprint density at radius 2 is 1.59 bits per heavy atom. The molecule has 0 spiro atoms. The minimum absolute atomic E-state index is 0.430. The first-order valence-corrected chi connectivity index (χ1v) is 6.00. The summed E-state index contributed by atoms with van der Waals surface area (Å²) in [5.74, 6) is 0.446. The molecule has 2 aromatic rings. The summed E-state index contributed by atoms with van der Waals surface area (Å²) in [5.41, 5.74) is 8.19. The van der Waals surface area contributed by atoms with Crippen LogP contribution < -0.4 is 5.73 Å². The van der Waals surface area contributed by atoms with Gasteiger partial charge in [0.25, 0.3) is 0 Å². The first kappa shape index (κ1) is 12.5. The highest BCUT2D eigenvalue weighted by molar-refractivity contribution is 6.44. The van der Waals surface area contributed by atoms with Gasteiger partial charge in [-0.05, 0) is 36.8 Å². The summed E-state index contributed by atoms with van der Waals surface area (Å²) in [5, 5.41) is 1.42. The normalized spacial score (nSPS) is 10.6. The van der Waals surface area contributed by atoms with Crippen LogP contribution in [0, 0.1) is 6.92 Å². The SMILES string of the molecule is Cc1cc(-c2cc(Cl)c(Cl)cc2Cl)cc(N)n1. The summed E-state index contributed by atoms with van der Waals surface area (Å²) in [6.07, 6.45) is 0. The summed E-state index contributed by atoms with van der Waals surface area (Å²) < 4.78 is 0. The molecule has 0 aliphatic rings. The van der Waals surface area contributed by atoms with Crippen molar-refractivity contribution in [2.24, 2.45) is 0 Å². The van der Waals surface area contributed by atoms with Gasteiger partial charge in [-0.3, -0.25) is 0 Å². The Hall–Kier alpha value is -0.960. The Morgan fingerprint density at radius 3 is 2.24 bits per heavy atom. The number of nitrogen functional groups attached to an aromatic ring is 1. The number of anilines is 1. The zero-order chi connectivity index (χ0) is 12.6. The summed E-state index contributed by atoms with van der Waals surface area (Å²) in [6, 6.07) is 6.98. The van der Waals surface area contributed by atoms with E-state index in [9.17, 15) is 0 Å². The first-order valence-electron chi connectivity index (χ1n) is 4.86. The van der Waals surface area contributed by atoms with Crippen molar-refractivity contribution in [2.45, 2.75) is 6.92 Å². The van der Waals surface area contributed by atoms with Gasteiger partial charge < -0.3 is 5.73 Å². The fourth-order valence-corrected chi connectivity index (χ4v) is 2.25. The quantitative estimate of drug-likeness (QED) is 0.779. The molecule has 1 aromatic heterocycles. The Morgan fingerprint density at radius 1 is 0.941 bits per heavy atom. The highest BCUT2D eigenvalue weighted by atomic mass is 35.5. The van der Waals surface area contributed by atoms with Gasteiger partial charge in [0.1, 0.15) is 5.82 Å².